The summed E-state index contributed by atoms with van der Waals surface area (Å²) < 4.78 is 40.5. The fraction of sp³-hybridized carbons (Fsp3) is 0.556. The molecule has 1 rings (SSSR count). The molecular formula is C9H10F3NO3. The Hall–Kier alpha value is -1.53. The first-order valence-electron chi connectivity index (χ1n) is 4.62. The summed E-state index contributed by atoms with van der Waals surface area (Å²) in [5.41, 5.74) is 0.171. The quantitative estimate of drug-likeness (QED) is 0.873. The molecule has 0 atom stereocenters. The number of aromatic carboxylic acids is 1. The summed E-state index contributed by atoms with van der Waals surface area (Å²) in [4.78, 5) is 14.3. The van der Waals surface area contributed by atoms with E-state index >= 15 is 0 Å². The number of carbonyl (C=O) groups is 1. The first kappa shape index (κ1) is 12.5. The Balaban J connectivity index is 2.79. The molecule has 0 fully saturated rings. The molecule has 0 unspecified atom stereocenters. The van der Waals surface area contributed by atoms with Crippen molar-refractivity contribution in [3.63, 3.8) is 0 Å². The highest BCUT2D eigenvalue weighted by atomic mass is 19.4. The lowest BCUT2D eigenvalue weighted by molar-refractivity contribution is -0.134. The van der Waals surface area contributed by atoms with Gasteiger partial charge >= 0.3 is 12.1 Å². The molecule has 0 aliphatic rings. The number of oxazole rings is 1. The lowest BCUT2D eigenvalue weighted by Crippen LogP contribution is -2.08. The number of rotatable bonds is 4. The Morgan fingerprint density at radius 1 is 1.50 bits per heavy atom. The van der Waals surface area contributed by atoms with Crippen LogP contribution in [0.1, 0.15) is 35.5 Å². The third-order valence-electron chi connectivity index (χ3n) is 1.89. The molecule has 0 saturated carbocycles. The second-order valence-corrected chi connectivity index (χ2v) is 3.16. The van der Waals surface area contributed by atoms with Gasteiger partial charge in [0, 0.05) is 6.42 Å². The Labute approximate surface area is 89.1 Å². The van der Waals surface area contributed by atoms with E-state index in [0.717, 1.165) is 0 Å². The number of aryl methyl sites for hydroxylation is 2. The molecular weight excluding hydrogens is 227 g/mol. The molecule has 7 heteroatoms. The fourth-order valence-corrected chi connectivity index (χ4v) is 1.16. The van der Waals surface area contributed by atoms with Gasteiger partial charge in [-0.25, -0.2) is 9.78 Å². The molecule has 0 aliphatic carbocycles. The van der Waals surface area contributed by atoms with Crippen LogP contribution in [-0.4, -0.2) is 22.2 Å². The van der Waals surface area contributed by atoms with Gasteiger partial charge in [-0.3, -0.25) is 0 Å². The van der Waals surface area contributed by atoms with Crippen molar-refractivity contribution in [3.05, 3.63) is 17.3 Å². The van der Waals surface area contributed by atoms with Crippen LogP contribution < -0.4 is 0 Å². The van der Waals surface area contributed by atoms with E-state index in [2.05, 4.69) is 4.98 Å². The van der Waals surface area contributed by atoms with E-state index in [-0.39, 0.29) is 17.3 Å². The maximum Gasteiger partial charge on any atom is 0.389 e. The van der Waals surface area contributed by atoms with Crippen molar-refractivity contribution < 1.29 is 27.5 Å². The largest absolute Gasteiger partial charge is 0.475 e. The lowest BCUT2D eigenvalue weighted by Gasteiger charge is -2.02. The smallest absolute Gasteiger partial charge is 0.389 e. The molecule has 1 heterocycles. The topological polar surface area (TPSA) is 63.3 Å². The zero-order chi connectivity index (χ0) is 12.3. The predicted octanol–water partition coefficient (Wildman–Crippen LogP) is 2.43. The van der Waals surface area contributed by atoms with Crippen molar-refractivity contribution in [1.29, 1.82) is 0 Å². The van der Waals surface area contributed by atoms with Gasteiger partial charge in [0.15, 0.2) is 5.89 Å². The van der Waals surface area contributed by atoms with Gasteiger partial charge in [-0.2, -0.15) is 13.2 Å². The number of hydrogen-bond donors (Lipinski definition) is 1. The van der Waals surface area contributed by atoms with Crippen LogP contribution in [0.5, 0.6) is 0 Å². The standard InChI is InChI=1S/C9H10F3NO3/c1-2-5-7(8(14)15)16-6(13-5)3-4-9(10,11)12/h2-4H2,1H3,(H,14,15). The number of hydrogen-bond acceptors (Lipinski definition) is 3. The molecule has 0 bridgehead atoms. The first-order valence-corrected chi connectivity index (χ1v) is 4.62. The monoisotopic (exact) mass is 237 g/mol. The number of carboxylic acids is 1. The molecule has 0 aromatic carbocycles. The maximum atomic E-state index is 11.9. The highest BCUT2D eigenvalue weighted by molar-refractivity contribution is 5.85. The van der Waals surface area contributed by atoms with E-state index < -0.39 is 25.0 Å². The molecule has 1 aromatic rings. The van der Waals surface area contributed by atoms with Gasteiger partial charge < -0.3 is 9.52 Å². The third kappa shape index (κ3) is 3.25. The number of nitrogens with zero attached hydrogens (tertiary/aromatic N) is 1. The third-order valence-corrected chi connectivity index (χ3v) is 1.89. The van der Waals surface area contributed by atoms with Crippen LogP contribution in [0.15, 0.2) is 4.42 Å². The minimum atomic E-state index is -4.30. The van der Waals surface area contributed by atoms with E-state index in [1.54, 1.807) is 6.92 Å². The van der Waals surface area contributed by atoms with Crippen LogP contribution in [-0.2, 0) is 12.8 Å². The number of aromatic nitrogens is 1. The Morgan fingerprint density at radius 2 is 2.12 bits per heavy atom. The van der Waals surface area contributed by atoms with Gasteiger partial charge in [0.05, 0.1) is 12.1 Å². The van der Waals surface area contributed by atoms with Gasteiger partial charge in [0.25, 0.3) is 0 Å². The second kappa shape index (κ2) is 4.54. The van der Waals surface area contributed by atoms with Crippen LogP contribution in [0, 0.1) is 0 Å². The maximum absolute atomic E-state index is 11.9. The summed E-state index contributed by atoms with van der Waals surface area (Å²) in [5, 5.41) is 8.68. The van der Waals surface area contributed by atoms with Crippen molar-refractivity contribution in [2.75, 3.05) is 0 Å². The normalized spacial score (nSPS) is 11.8. The van der Waals surface area contributed by atoms with E-state index in [4.69, 9.17) is 9.52 Å². The molecule has 4 nitrogen and oxygen atoms in total. The summed E-state index contributed by atoms with van der Waals surface area (Å²) in [7, 11) is 0. The van der Waals surface area contributed by atoms with E-state index in [1.165, 1.54) is 0 Å². The van der Waals surface area contributed by atoms with Crippen molar-refractivity contribution in [2.24, 2.45) is 0 Å². The Kier molecular flexibility index (Phi) is 3.56. The Morgan fingerprint density at radius 3 is 2.50 bits per heavy atom. The van der Waals surface area contributed by atoms with Crippen molar-refractivity contribution in [1.82, 2.24) is 4.98 Å². The number of alkyl halides is 3. The van der Waals surface area contributed by atoms with Crippen LogP contribution in [0.4, 0.5) is 13.2 Å². The molecule has 0 amide bonds. The molecule has 0 aliphatic heterocycles. The summed E-state index contributed by atoms with van der Waals surface area (Å²) in [5.74, 6) is -1.88. The first-order chi connectivity index (χ1) is 7.33. The highest BCUT2D eigenvalue weighted by Gasteiger charge is 2.28. The molecule has 0 saturated heterocycles. The van der Waals surface area contributed by atoms with E-state index in [0.29, 0.717) is 6.42 Å². The summed E-state index contributed by atoms with van der Waals surface area (Å²) in [6.07, 6.45) is -5.51. The highest BCUT2D eigenvalue weighted by Crippen LogP contribution is 2.23. The minimum absolute atomic E-state index is 0.171. The van der Waals surface area contributed by atoms with Crippen LogP contribution in [0.25, 0.3) is 0 Å². The molecule has 0 radical (unpaired) electrons. The van der Waals surface area contributed by atoms with Crippen molar-refractivity contribution in [2.45, 2.75) is 32.4 Å². The number of halogens is 3. The van der Waals surface area contributed by atoms with Crippen LogP contribution in [0.2, 0.25) is 0 Å². The average molecular weight is 237 g/mol. The van der Waals surface area contributed by atoms with Gasteiger partial charge in [0.2, 0.25) is 5.76 Å². The van der Waals surface area contributed by atoms with Crippen molar-refractivity contribution >= 4 is 5.97 Å². The molecule has 0 spiro atoms. The van der Waals surface area contributed by atoms with E-state index in [9.17, 15) is 18.0 Å². The van der Waals surface area contributed by atoms with Gasteiger partial charge in [-0.05, 0) is 6.42 Å². The zero-order valence-electron chi connectivity index (χ0n) is 8.47. The van der Waals surface area contributed by atoms with E-state index in [1.807, 2.05) is 0 Å². The summed E-state index contributed by atoms with van der Waals surface area (Å²) in [6.45, 7) is 1.65. The predicted molar refractivity (Wildman–Crippen MR) is 47.2 cm³/mol. The average Bonchev–Trinajstić information content (AvgIpc) is 2.56. The molecule has 1 aromatic heterocycles. The van der Waals surface area contributed by atoms with Crippen LogP contribution >= 0.6 is 0 Å². The van der Waals surface area contributed by atoms with Gasteiger partial charge in [-0.15, -0.1) is 0 Å². The molecule has 16 heavy (non-hydrogen) atoms. The van der Waals surface area contributed by atoms with Crippen LogP contribution in [0.3, 0.4) is 0 Å². The zero-order valence-corrected chi connectivity index (χ0v) is 8.47. The lowest BCUT2D eigenvalue weighted by atomic mass is 10.3. The Bertz CT molecular complexity index is 384. The minimum Gasteiger partial charge on any atom is -0.475 e. The number of carboxylic acid groups (broad SMARTS) is 1. The summed E-state index contributed by atoms with van der Waals surface area (Å²) >= 11 is 0. The fourth-order valence-electron chi connectivity index (χ4n) is 1.16. The van der Waals surface area contributed by atoms with Gasteiger partial charge in [0.1, 0.15) is 0 Å². The SMILES string of the molecule is CCc1nc(CCC(F)(F)F)oc1C(=O)O. The van der Waals surface area contributed by atoms with Gasteiger partial charge in [-0.1, -0.05) is 6.92 Å². The second-order valence-electron chi connectivity index (χ2n) is 3.16. The van der Waals surface area contributed by atoms with Crippen molar-refractivity contribution in [3.8, 4) is 0 Å². The molecule has 90 valence electrons. The summed E-state index contributed by atoms with van der Waals surface area (Å²) in [6, 6.07) is 0. The molecule has 1 N–H and O–H groups in total.